The molecule has 0 spiro atoms. The maximum atomic E-state index is 11.1. The second-order valence-electron chi connectivity index (χ2n) is 4.11. The lowest BCUT2D eigenvalue weighted by molar-refractivity contribution is 0.0629. The summed E-state index contributed by atoms with van der Waals surface area (Å²) in [6.45, 7) is 1.13. The summed E-state index contributed by atoms with van der Waals surface area (Å²) in [6, 6.07) is 4.74. The number of benzene rings is 1. The molecule has 0 saturated carbocycles. The van der Waals surface area contributed by atoms with E-state index in [1.54, 1.807) is 12.1 Å². The summed E-state index contributed by atoms with van der Waals surface area (Å²) < 4.78 is 15.9. The predicted molar refractivity (Wildman–Crippen MR) is 64.4 cm³/mol. The van der Waals surface area contributed by atoms with Crippen LogP contribution in [0.4, 0.5) is 0 Å². The van der Waals surface area contributed by atoms with Crippen molar-refractivity contribution in [1.82, 2.24) is 0 Å². The molecule has 1 aromatic carbocycles. The van der Waals surface area contributed by atoms with Crippen LogP contribution in [0, 0.1) is 0 Å². The van der Waals surface area contributed by atoms with Crippen molar-refractivity contribution in [2.45, 2.75) is 18.9 Å². The minimum atomic E-state index is -1.03. The van der Waals surface area contributed by atoms with Gasteiger partial charge in [0.15, 0.2) is 0 Å². The maximum absolute atomic E-state index is 11.1. The van der Waals surface area contributed by atoms with Crippen LogP contribution in [-0.2, 0) is 4.74 Å². The fourth-order valence-electron chi connectivity index (χ4n) is 1.89. The molecule has 1 aliphatic rings. The Hall–Kier alpha value is -1.75. The molecule has 1 aliphatic heterocycles. The van der Waals surface area contributed by atoms with E-state index in [1.807, 2.05) is 0 Å². The lowest BCUT2D eigenvalue weighted by Gasteiger charge is -2.13. The molecule has 1 N–H and O–H groups in total. The SMILES string of the molecule is COc1ccc(OCC2CCCO2)c(C(=O)O)c1. The summed E-state index contributed by atoms with van der Waals surface area (Å²) in [5, 5.41) is 9.11. The highest BCUT2D eigenvalue weighted by molar-refractivity contribution is 5.91. The van der Waals surface area contributed by atoms with E-state index in [9.17, 15) is 4.79 Å². The third kappa shape index (κ3) is 2.92. The van der Waals surface area contributed by atoms with Crippen molar-refractivity contribution in [1.29, 1.82) is 0 Å². The molecule has 5 nitrogen and oxygen atoms in total. The summed E-state index contributed by atoms with van der Waals surface area (Å²) >= 11 is 0. The van der Waals surface area contributed by atoms with Crippen LogP contribution < -0.4 is 9.47 Å². The molecule has 98 valence electrons. The number of ether oxygens (including phenoxy) is 3. The van der Waals surface area contributed by atoms with Gasteiger partial charge in [-0.2, -0.15) is 0 Å². The van der Waals surface area contributed by atoms with Gasteiger partial charge in [-0.05, 0) is 31.0 Å². The average Bonchev–Trinajstić information content (AvgIpc) is 2.89. The molecule has 0 radical (unpaired) electrons. The quantitative estimate of drug-likeness (QED) is 0.867. The summed E-state index contributed by atoms with van der Waals surface area (Å²) in [7, 11) is 1.49. The first kappa shape index (κ1) is 12.7. The van der Waals surface area contributed by atoms with Gasteiger partial charge in [0.1, 0.15) is 23.7 Å². The van der Waals surface area contributed by atoms with Gasteiger partial charge in [0.05, 0.1) is 13.2 Å². The van der Waals surface area contributed by atoms with Crippen LogP contribution in [0.15, 0.2) is 18.2 Å². The Balaban J connectivity index is 2.08. The number of carboxylic acid groups (broad SMARTS) is 1. The molecule has 1 aromatic rings. The average molecular weight is 252 g/mol. The zero-order valence-corrected chi connectivity index (χ0v) is 10.2. The van der Waals surface area contributed by atoms with Crippen LogP contribution >= 0.6 is 0 Å². The Labute approximate surface area is 105 Å². The Kier molecular flexibility index (Phi) is 4.04. The minimum Gasteiger partial charge on any atom is -0.497 e. The standard InChI is InChI=1S/C13H16O5/c1-16-9-4-5-12(11(7-9)13(14)15)18-8-10-3-2-6-17-10/h4-5,7,10H,2-3,6,8H2,1H3,(H,14,15). The normalized spacial score (nSPS) is 18.6. The van der Waals surface area contributed by atoms with Crippen molar-refractivity contribution < 1.29 is 24.1 Å². The fraction of sp³-hybridized carbons (Fsp3) is 0.462. The van der Waals surface area contributed by atoms with Crippen LogP contribution in [0.3, 0.4) is 0 Å². The molecule has 18 heavy (non-hydrogen) atoms. The first-order valence-corrected chi connectivity index (χ1v) is 5.86. The number of hydrogen-bond donors (Lipinski definition) is 1. The molecular weight excluding hydrogens is 236 g/mol. The predicted octanol–water partition coefficient (Wildman–Crippen LogP) is 1.95. The number of aromatic carboxylic acids is 1. The van der Waals surface area contributed by atoms with E-state index in [1.165, 1.54) is 13.2 Å². The number of methoxy groups -OCH3 is 1. The molecule has 0 bridgehead atoms. The molecular formula is C13H16O5. The van der Waals surface area contributed by atoms with Gasteiger partial charge in [-0.15, -0.1) is 0 Å². The van der Waals surface area contributed by atoms with Crippen LogP contribution in [0.5, 0.6) is 11.5 Å². The molecule has 0 aliphatic carbocycles. The van der Waals surface area contributed by atoms with E-state index in [-0.39, 0.29) is 11.7 Å². The van der Waals surface area contributed by atoms with Gasteiger partial charge in [0.25, 0.3) is 0 Å². The van der Waals surface area contributed by atoms with Crippen molar-refractivity contribution in [3.05, 3.63) is 23.8 Å². The van der Waals surface area contributed by atoms with Crippen LogP contribution in [-0.4, -0.2) is 37.5 Å². The van der Waals surface area contributed by atoms with Crippen molar-refractivity contribution in [2.24, 2.45) is 0 Å². The van der Waals surface area contributed by atoms with Gasteiger partial charge in [-0.25, -0.2) is 4.79 Å². The zero-order valence-electron chi connectivity index (χ0n) is 10.2. The highest BCUT2D eigenvalue weighted by atomic mass is 16.5. The third-order valence-electron chi connectivity index (χ3n) is 2.87. The fourth-order valence-corrected chi connectivity index (χ4v) is 1.89. The van der Waals surface area contributed by atoms with Crippen molar-refractivity contribution >= 4 is 5.97 Å². The lowest BCUT2D eigenvalue weighted by atomic mass is 10.2. The minimum absolute atomic E-state index is 0.0637. The first-order valence-electron chi connectivity index (χ1n) is 5.86. The van der Waals surface area contributed by atoms with Crippen molar-refractivity contribution in [3.63, 3.8) is 0 Å². The number of carbonyl (C=O) groups is 1. The Morgan fingerprint density at radius 3 is 3.00 bits per heavy atom. The van der Waals surface area contributed by atoms with Gasteiger partial charge in [0.2, 0.25) is 0 Å². The van der Waals surface area contributed by atoms with E-state index in [0.717, 1.165) is 19.4 Å². The van der Waals surface area contributed by atoms with E-state index >= 15 is 0 Å². The number of hydrogen-bond acceptors (Lipinski definition) is 4. The van der Waals surface area contributed by atoms with Gasteiger partial charge >= 0.3 is 5.97 Å². The van der Waals surface area contributed by atoms with E-state index in [4.69, 9.17) is 19.3 Å². The highest BCUT2D eigenvalue weighted by Crippen LogP contribution is 2.25. The molecule has 2 rings (SSSR count). The molecule has 0 aromatic heterocycles. The summed E-state index contributed by atoms with van der Waals surface area (Å²) in [5.74, 6) is -0.188. The molecule has 1 heterocycles. The topological polar surface area (TPSA) is 65.0 Å². The van der Waals surface area contributed by atoms with Crippen LogP contribution in [0.25, 0.3) is 0 Å². The third-order valence-corrected chi connectivity index (χ3v) is 2.87. The summed E-state index contributed by atoms with van der Waals surface area (Å²) in [5.41, 5.74) is 0.104. The van der Waals surface area contributed by atoms with Crippen molar-refractivity contribution in [2.75, 3.05) is 20.3 Å². The van der Waals surface area contributed by atoms with Gasteiger partial charge in [-0.1, -0.05) is 0 Å². The lowest BCUT2D eigenvalue weighted by Crippen LogP contribution is -2.17. The molecule has 1 fully saturated rings. The van der Waals surface area contributed by atoms with Crippen LogP contribution in [0.1, 0.15) is 23.2 Å². The van der Waals surface area contributed by atoms with Gasteiger partial charge in [-0.3, -0.25) is 0 Å². The summed E-state index contributed by atoms with van der Waals surface area (Å²) in [6.07, 6.45) is 2.05. The highest BCUT2D eigenvalue weighted by Gasteiger charge is 2.18. The zero-order chi connectivity index (χ0) is 13.0. The second-order valence-corrected chi connectivity index (χ2v) is 4.11. The number of rotatable bonds is 5. The molecule has 1 unspecified atom stereocenters. The summed E-state index contributed by atoms with van der Waals surface area (Å²) in [4.78, 5) is 11.1. The van der Waals surface area contributed by atoms with Gasteiger partial charge < -0.3 is 19.3 Å². The monoisotopic (exact) mass is 252 g/mol. The van der Waals surface area contributed by atoms with Gasteiger partial charge in [0, 0.05) is 6.61 Å². The van der Waals surface area contributed by atoms with E-state index in [0.29, 0.717) is 18.1 Å². The Morgan fingerprint density at radius 2 is 2.39 bits per heavy atom. The molecule has 1 atom stereocenters. The van der Waals surface area contributed by atoms with E-state index < -0.39 is 5.97 Å². The molecule has 0 amide bonds. The first-order chi connectivity index (χ1) is 8.70. The van der Waals surface area contributed by atoms with E-state index in [2.05, 4.69) is 0 Å². The second kappa shape index (κ2) is 5.73. The molecule has 1 saturated heterocycles. The van der Waals surface area contributed by atoms with Crippen molar-refractivity contribution in [3.8, 4) is 11.5 Å². The Morgan fingerprint density at radius 1 is 1.56 bits per heavy atom. The Bertz CT molecular complexity index is 423. The largest absolute Gasteiger partial charge is 0.497 e. The molecule has 5 heteroatoms. The van der Waals surface area contributed by atoms with Crippen LogP contribution in [0.2, 0.25) is 0 Å². The smallest absolute Gasteiger partial charge is 0.339 e. The number of carboxylic acids is 1. The maximum Gasteiger partial charge on any atom is 0.339 e.